The molecule has 0 aliphatic carbocycles. The topological polar surface area (TPSA) is 44.4 Å². The Morgan fingerprint density at radius 2 is 1.68 bits per heavy atom. The maximum absolute atomic E-state index is 12.3. The summed E-state index contributed by atoms with van der Waals surface area (Å²) in [6.45, 7) is 3.62. The maximum Gasteiger partial charge on any atom is 0.222 e. The minimum Gasteiger partial charge on any atom is -0.379 e. The van der Waals surface area contributed by atoms with Crippen LogP contribution < -0.4 is 10.6 Å². The van der Waals surface area contributed by atoms with Crippen molar-refractivity contribution in [1.82, 2.24) is 10.2 Å². The zero-order valence-corrected chi connectivity index (χ0v) is 14.5. The number of hydrogen-bond donors (Lipinski definition) is 2. The van der Waals surface area contributed by atoms with Gasteiger partial charge in [0.25, 0.3) is 0 Å². The molecule has 4 rings (SSSR count). The summed E-state index contributed by atoms with van der Waals surface area (Å²) in [5.74, 6) is 0.151. The smallest absolute Gasteiger partial charge is 0.222 e. The van der Waals surface area contributed by atoms with E-state index in [1.807, 2.05) is 6.07 Å². The lowest BCUT2D eigenvalue weighted by Gasteiger charge is -2.44. The molecule has 0 saturated carbocycles. The van der Waals surface area contributed by atoms with E-state index in [1.165, 1.54) is 16.8 Å². The highest BCUT2D eigenvalue weighted by Gasteiger charge is 2.37. The molecule has 130 valence electrons. The second-order valence-electron chi connectivity index (χ2n) is 7.28. The van der Waals surface area contributed by atoms with Gasteiger partial charge in [0.1, 0.15) is 0 Å². The van der Waals surface area contributed by atoms with E-state index < -0.39 is 0 Å². The van der Waals surface area contributed by atoms with Crippen LogP contribution in [0.5, 0.6) is 0 Å². The van der Waals surface area contributed by atoms with Crippen molar-refractivity contribution in [1.29, 1.82) is 0 Å². The highest BCUT2D eigenvalue weighted by molar-refractivity contribution is 5.79. The van der Waals surface area contributed by atoms with Crippen LogP contribution in [0.4, 0.5) is 5.69 Å². The molecule has 25 heavy (non-hydrogen) atoms. The van der Waals surface area contributed by atoms with Gasteiger partial charge < -0.3 is 10.6 Å². The fourth-order valence-electron chi connectivity index (χ4n) is 3.97. The van der Waals surface area contributed by atoms with Crippen LogP contribution in [0.2, 0.25) is 0 Å². The number of carbonyl (C=O) groups is 1. The van der Waals surface area contributed by atoms with Crippen molar-refractivity contribution >= 4 is 11.6 Å². The Morgan fingerprint density at radius 3 is 2.48 bits per heavy atom. The van der Waals surface area contributed by atoms with E-state index in [1.54, 1.807) is 0 Å². The second-order valence-corrected chi connectivity index (χ2v) is 7.28. The van der Waals surface area contributed by atoms with Crippen molar-refractivity contribution in [2.45, 2.75) is 37.9 Å². The number of nitrogens with one attached hydrogen (secondary N) is 2. The van der Waals surface area contributed by atoms with E-state index in [9.17, 15) is 4.79 Å². The number of fused-ring (bicyclic) bond motifs is 1. The first-order valence-electron chi connectivity index (χ1n) is 9.12. The number of anilines is 1. The summed E-state index contributed by atoms with van der Waals surface area (Å²) in [4.78, 5) is 14.8. The molecule has 0 unspecified atom stereocenters. The van der Waals surface area contributed by atoms with Gasteiger partial charge in [-0.2, -0.15) is 0 Å². The van der Waals surface area contributed by atoms with Crippen LogP contribution in [0.1, 0.15) is 30.4 Å². The van der Waals surface area contributed by atoms with Crippen LogP contribution in [0.15, 0.2) is 54.6 Å². The first-order valence-corrected chi connectivity index (χ1v) is 9.12. The van der Waals surface area contributed by atoms with Gasteiger partial charge in [-0.25, -0.2) is 0 Å². The predicted molar refractivity (Wildman–Crippen MR) is 100 cm³/mol. The van der Waals surface area contributed by atoms with Crippen molar-refractivity contribution in [3.05, 3.63) is 65.7 Å². The molecular formula is C21H25N3O. The number of hydrogen-bond acceptors (Lipinski definition) is 3. The van der Waals surface area contributed by atoms with Crippen LogP contribution in [-0.2, 0) is 17.9 Å². The maximum atomic E-state index is 12.3. The van der Waals surface area contributed by atoms with Crippen molar-refractivity contribution in [2.24, 2.45) is 0 Å². The third-order valence-corrected chi connectivity index (χ3v) is 5.45. The van der Waals surface area contributed by atoms with Crippen LogP contribution in [0, 0.1) is 0 Å². The fourth-order valence-corrected chi connectivity index (χ4v) is 3.97. The lowest BCUT2D eigenvalue weighted by atomic mass is 9.82. The molecule has 2 aromatic carbocycles. The van der Waals surface area contributed by atoms with Gasteiger partial charge in [-0.15, -0.1) is 0 Å². The SMILES string of the molecule is O=C1CC2(CCN(Cc3ccccc3)CC2)Nc2ccccc2CN1. The van der Waals surface area contributed by atoms with Crippen molar-refractivity contribution in [2.75, 3.05) is 18.4 Å². The third kappa shape index (κ3) is 3.69. The van der Waals surface area contributed by atoms with E-state index in [0.717, 1.165) is 32.5 Å². The number of nitrogens with zero attached hydrogens (tertiary/aromatic N) is 1. The number of para-hydroxylation sites is 1. The number of likely N-dealkylation sites (tertiary alicyclic amines) is 1. The molecule has 2 N–H and O–H groups in total. The van der Waals surface area contributed by atoms with E-state index in [2.05, 4.69) is 64.1 Å². The fraction of sp³-hybridized carbons (Fsp3) is 0.381. The molecule has 1 fully saturated rings. The van der Waals surface area contributed by atoms with Crippen molar-refractivity contribution in [3.8, 4) is 0 Å². The van der Waals surface area contributed by atoms with E-state index in [0.29, 0.717) is 13.0 Å². The monoisotopic (exact) mass is 335 g/mol. The summed E-state index contributed by atoms with van der Waals surface area (Å²) >= 11 is 0. The third-order valence-electron chi connectivity index (χ3n) is 5.45. The zero-order valence-electron chi connectivity index (χ0n) is 14.5. The van der Waals surface area contributed by atoms with Crippen molar-refractivity contribution < 1.29 is 4.79 Å². The molecule has 2 aliphatic rings. The van der Waals surface area contributed by atoms with Crippen LogP contribution in [-0.4, -0.2) is 29.4 Å². The number of amides is 1. The average molecular weight is 335 g/mol. The molecule has 4 heteroatoms. The molecular weight excluding hydrogens is 310 g/mol. The number of benzene rings is 2. The molecule has 4 nitrogen and oxygen atoms in total. The van der Waals surface area contributed by atoms with Gasteiger partial charge in [0.2, 0.25) is 5.91 Å². The highest BCUT2D eigenvalue weighted by Crippen LogP contribution is 2.33. The van der Waals surface area contributed by atoms with E-state index in [4.69, 9.17) is 0 Å². The molecule has 0 radical (unpaired) electrons. The van der Waals surface area contributed by atoms with Crippen LogP contribution in [0.3, 0.4) is 0 Å². The summed E-state index contributed by atoms with van der Waals surface area (Å²) in [6.07, 6.45) is 2.53. The van der Waals surface area contributed by atoms with Gasteiger partial charge >= 0.3 is 0 Å². The number of rotatable bonds is 2. The van der Waals surface area contributed by atoms with Crippen LogP contribution in [0.25, 0.3) is 0 Å². The zero-order chi connectivity index (χ0) is 17.1. The van der Waals surface area contributed by atoms with E-state index >= 15 is 0 Å². The summed E-state index contributed by atoms with van der Waals surface area (Å²) in [5.41, 5.74) is 3.56. The molecule has 1 amide bonds. The first kappa shape index (κ1) is 16.2. The Bertz CT molecular complexity index is 736. The molecule has 1 spiro atoms. The average Bonchev–Trinajstić information content (AvgIpc) is 2.63. The number of carbonyl (C=O) groups excluding carboxylic acids is 1. The quantitative estimate of drug-likeness (QED) is 0.886. The summed E-state index contributed by atoms with van der Waals surface area (Å²) in [7, 11) is 0. The number of piperidine rings is 1. The summed E-state index contributed by atoms with van der Waals surface area (Å²) in [6, 6.07) is 18.9. The molecule has 0 aromatic heterocycles. The van der Waals surface area contributed by atoms with E-state index in [-0.39, 0.29) is 11.4 Å². The lowest BCUT2D eigenvalue weighted by Crippen LogP contribution is -2.52. The second kappa shape index (κ2) is 6.89. The van der Waals surface area contributed by atoms with Gasteiger partial charge in [-0.1, -0.05) is 48.5 Å². The van der Waals surface area contributed by atoms with Crippen LogP contribution >= 0.6 is 0 Å². The minimum absolute atomic E-state index is 0.131. The standard InChI is InChI=1S/C21H25N3O/c25-20-14-21(23-19-9-5-4-8-18(19)15-22-20)10-12-24(13-11-21)16-17-6-2-1-3-7-17/h1-9,23H,10-16H2,(H,22,25). The minimum atomic E-state index is -0.131. The van der Waals surface area contributed by atoms with Gasteiger partial charge in [-0.05, 0) is 30.0 Å². The predicted octanol–water partition coefficient (Wildman–Crippen LogP) is 3.15. The summed E-state index contributed by atoms with van der Waals surface area (Å²) < 4.78 is 0. The molecule has 0 bridgehead atoms. The first-order chi connectivity index (χ1) is 12.2. The molecule has 2 aliphatic heterocycles. The normalized spacial score (nSPS) is 20.1. The lowest BCUT2D eigenvalue weighted by molar-refractivity contribution is -0.122. The Labute approximate surface area is 149 Å². The molecule has 1 saturated heterocycles. The summed E-state index contributed by atoms with van der Waals surface area (Å²) in [5, 5.41) is 6.81. The Kier molecular flexibility index (Phi) is 4.45. The largest absolute Gasteiger partial charge is 0.379 e. The Morgan fingerprint density at radius 1 is 0.960 bits per heavy atom. The highest BCUT2D eigenvalue weighted by atomic mass is 16.1. The molecule has 2 heterocycles. The van der Waals surface area contributed by atoms with Gasteiger partial charge in [-0.3, -0.25) is 9.69 Å². The van der Waals surface area contributed by atoms with Gasteiger partial charge in [0.15, 0.2) is 0 Å². The van der Waals surface area contributed by atoms with Crippen molar-refractivity contribution in [3.63, 3.8) is 0 Å². The molecule has 2 aromatic rings. The van der Waals surface area contributed by atoms with Gasteiger partial charge in [0, 0.05) is 43.8 Å². The van der Waals surface area contributed by atoms with Gasteiger partial charge in [0.05, 0.1) is 0 Å². The molecule has 0 atom stereocenters. The Balaban J connectivity index is 1.48. The Hall–Kier alpha value is -2.33.